The van der Waals surface area contributed by atoms with Crippen LogP contribution in [0.5, 0.6) is 23.0 Å². The van der Waals surface area contributed by atoms with Gasteiger partial charge in [0.25, 0.3) is 0 Å². The molecule has 3 aromatic rings. The first-order chi connectivity index (χ1) is 16.6. The summed E-state index contributed by atoms with van der Waals surface area (Å²) in [5, 5.41) is 19.7. The third kappa shape index (κ3) is 4.98. The van der Waals surface area contributed by atoms with E-state index >= 15 is 0 Å². The fourth-order valence-corrected chi connectivity index (χ4v) is 6.09. The largest absolute Gasteiger partial charge is 0.508 e. The molecule has 2 N–H and O–H groups in total. The summed E-state index contributed by atoms with van der Waals surface area (Å²) in [6.07, 6.45) is 3.45. The number of aromatic hydroxyl groups is 2. The maximum absolute atomic E-state index is 9.95. The topological polar surface area (TPSA) is 62.2 Å². The summed E-state index contributed by atoms with van der Waals surface area (Å²) in [7, 11) is 0. The summed E-state index contributed by atoms with van der Waals surface area (Å²) in [5.41, 5.74) is 2.11. The molecular weight excluding hydrogens is 446 g/mol. The molecule has 2 heterocycles. The van der Waals surface area contributed by atoms with Gasteiger partial charge in [-0.3, -0.25) is 4.90 Å². The molecule has 0 saturated carbocycles. The average Bonchev–Trinajstić information content (AvgIpc) is 3.39. The SMILES string of the molecule is CC[C@@H](COc1ccc([C@@H]2Oc3ccc(O)cc3S[C@@H]2c2ccc(O)cc2)cc1)N1CCCC1. The van der Waals surface area contributed by atoms with Crippen molar-refractivity contribution in [3.8, 4) is 23.0 Å². The molecule has 6 heteroatoms. The Bertz CT molecular complexity index is 1100. The van der Waals surface area contributed by atoms with Crippen LogP contribution in [0.2, 0.25) is 0 Å². The number of phenolic OH excluding ortho intramolecular Hbond substituents is 2. The van der Waals surface area contributed by atoms with E-state index in [0.29, 0.717) is 12.6 Å². The molecule has 0 bridgehead atoms. The molecule has 0 radical (unpaired) electrons. The lowest BCUT2D eigenvalue weighted by atomic mass is 10.00. The number of nitrogens with zero attached hydrogens (tertiary/aromatic N) is 1. The van der Waals surface area contributed by atoms with Crippen LogP contribution in [0.3, 0.4) is 0 Å². The molecule has 178 valence electrons. The number of phenols is 2. The maximum atomic E-state index is 9.95. The molecule has 0 amide bonds. The highest BCUT2D eigenvalue weighted by Crippen LogP contribution is 2.54. The van der Waals surface area contributed by atoms with Gasteiger partial charge in [0.05, 0.1) is 10.1 Å². The summed E-state index contributed by atoms with van der Waals surface area (Å²) in [4.78, 5) is 3.45. The Hall–Kier alpha value is -2.83. The van der Waals surface area contributed by atoms with Crippen LogP contribution in [0.15, 0.2) is 71.6 Å². The fraction of sp³-hybridized carbons (Fsp3) is 0.357. The van der Waals surface area contributed by atoms with E-state index in [1.165, 1.54) is 25.9 Å². The van der Waals surface area contributed by atoms with Crippen LogP contribution in [0.1, 0.15) is 48.7 Å². The monoisotopic (exact) mass is 477 g/mol. The molecule has 5 nitrogen and oxygen atoms in total. The van der Waals surface area contributed by atoms with Crippen LogP contribution in [0, 0.1) is 0 Å². The quantitative estimate of drug-likeness (QED) is 0.415. The number of rotatable bonds is 7. The molecule has 0 unspecified atom stereocenters. The Kier molecular flexibility index (Phi) is 6.88. The van der Waals surface area contributed by atoms with Crippen molar-refractivity contribution in [1.82, 2.24) is 4.90 Å². The minimum atomic E-state index is -0.214. The number of thioether (sulfide) groups is 1. The lowest BCUT2D eigenvalue weighted by molar-refractivity contribution is 0.156. The van der Waals surface area contributed by atoms with Crippen molar-refractivity contribution < 1.29 is 19.7 Å². The highest BCUT2D eigenvalue weighted by molar-refractivity contribution is 7.99. The molecule has 0 aromatic heterocycles. The molecule has 5 rings (SSSR count). The van der Waals surface area contributed by atoms with E-state index in [2.05, 4.69) is 24.0 Å². The van der Waals surface area contributed by atoms with E-state index in [1.807, 2.05) is 30.3 Å². The van der Waals surface area contributed by atoms with E-state index in [-0.39, 0.29) is 22.9 Å². The van der Waals surface area contributed by atoms with E-state index in [9.17, 15) is 10.2 Å². The molecule has 3 atom stereocenters. The first-order valence-corrected chi connectivity index (χ1v) is 12.9. The zero-order valence-electron chi connectivity index (χ0n) is 19.4. The lowest BCUT2D eigenvalue weighted by Gasteiger charge is -2.34. The van der Waals surface area contributed by atoms with Gasteiger partial charge in [-0.15, -0.1) is 11.8 Å². The summed E-state index contributed by atoms with van der Waals surface area (Å²) in [5.74, 6) is 2.09. The van der Waals surface area contributed by atoms with Crippen LogP contribution >= 0.6 is 11.8 Å². The summed E-state index contributed by atoms with van der Waals surface area (Å²) < 4.78 is 12.6. The number of fused-ring (bicyclic) bond motifs is 1. The molecule has 1 fully saturated rings. The third-order valence-electron chi connectivity index (χ3n) is 6.71. The van der Waals surface area contributed by atoms with Gasteiger partial charge in [0.1, 0.15) is 35.7 Å². The van der Waals surface area contributed by atoms with E-state index in [1.54, 1.807) is 36.0 Å². The predicted octanol–water partition coefficient (Wildman–Crippen LogP) is 6.32. The van der Waals surface area contributed by atoms with Crippen molar-refractivity contribution in [2.24, 2.45) is 0 Å². The Balaban J connectivity index is 1.35. The smallest absolute Gasteiger partial charge is 0.140 e. The Morgan fingerprint density at radius 3 is 2.32 bits per heavy atom. The fourth-order valence-electron chi connectivity index (χ4n) is 4.77. The van der Waals surface area contributed by atoms with Crippen molar-refractivity contribution in [3.05, 3.63) is 77.9 Å². The van der Waals surface area contributed by atoms with Crippen LogP contribution in [0.25, 0.3) is 0 Å². The van der Waals surface area contributed by atoms with Crippen LogP contribution < -0.4 is 9.47 Å². The zero-order valence-corrected chi connectivity index (χ0v) is 20.2. The van der Waals surface area contributed by atoms with E-state index < -0.39 is 0 Å². The molecule has 0 aliphatic carbocycles. The lowest BCUT2D eigenvalue weighted by Crippen LogP contribution is -2.36. The molecule has 2 aliphatic rings. The van der Waals surface area contributed by atoms with E-state index in [4.69, 9.17) is 9.47 Å². The second-order valence-electron chi connectivity index (χ2n) is 8.98. The zero-order chi connectivity index (χ0) is 23.5. The molecule has 3 aromatic carbocycles. The minimum Gasteiger partial charge on any atom is -0.508 e. The van der Waals surface area contributed by atoms with Gasteiger partial charge in [-0.25, -0.2) is 0 Å². The van der Waals surface area contributed by atoms with Crippen LogP contribution in [-0.4, -0.2) is 40.9 Å². The minimum absolute atomic E-state index is 0.0266. The molecular formula is C28H31NO4S. The number of hydrogen-bond acceptors (Lipinski definition) is 6. The van der Waals surface area contributed by atoms with Gasteiger partial charge in [0.15, 0.2) is 0 Å². The highest BCUT2D eigenvalue weighted by atomic mass is 32.2. The van der Waals surface area contributed by atoms with Crippen molar-refractivity contribution in [3.63, 3.8) is 0 Å². The second kappa shape index (κ2) is 10.2. The van der Waals surface area contributed by atoms with E-state index in [0.717, 1.165) is 33.9 Å². The molecule has 0 spiro atoms. The predicted molar refractivity (Wildman–Crippen MR) is 135 cm³/mol. The Labute approximate surface area is 205 Å². The van der Waals surface area contributed by atoms with Crippen molar-refractivity contribution in [1.29, 1.82) is 0 Å². The first kappa shape index (κ1) is 22.9. The van der Waals surface area contributed by atoms with Crippen LogP contribution in [0.4, 0.5) is 0 Å². The van der Waals surface area contributed by atoms with Crippen molar-refractivity contribution >= 4 is 11.8 Å². The molecule has 34 heavy (non-hydrogen) atoms. The van der Waals surface area contributed by atoms with Gasteiger partial charge in [-0.2, -0.15) is 0 Å². The number of ether oxygens (including phenoxy) is 2. The number of hydrogen-bond donors (Lipinski definition) is 2. The maximum Gasteiger partial charge on any atom is 0.140 e. The standard InChI is InChI=1S/C28H31NO4S/c1-2-21(29-15-3-4-16-29)18-32-24-12-7-19(8-13-24)27-28(20-5-9-22(30)10-6-20)34-26-17-23(31)11-14-25(26)33-27/h5-14,17,21,27-28,30-31H,2-4,15-16,18H2,1H3/t21-,27-,28+/m0/s1. The normalized spacial score (nSPS) is 21.0. The van der Waals surface area contributed by atoms with Crippen LogP contribution in [-0.2, 0) is 0 Å². The van der Waals surface area contributed by atoms with Gasteiger partial charge in [-0.1, -0.05) is 31.2 Å². The second-order valence-corrected chi connectivity index (χ2v) is 10.2. The average molecular weight is 478 g/mol. The molecule has 2 aliphatic heterocycles. The van der Waals surface area contributed by atoms with Crippen molar-refractivity contribution in [2.45, 2.75) is 48.5 Å². The van der Waals surface area contributed by atoms with Gasteiger partial charge >= 0.3 is 0 Å². The van der Waals surface area contributed by atoms with Gasteiger partial charge in [0.2, 0.25) is 0 Å². The highest BCUT2D eigenvalue weighted by Gasteiger charge is 2.33. The summed E-state index contributed by atoms with van der Waals surface area (Å²) in [6, 6.07) is 21.1. The number of likely N-dealkylation sites (tertiary alicyclic amines) is 1. The van der Waals surface area contributed by atoms with Crippen molar-refractivity contribution in [2.75, 3.05) is 19.7 Å². The summed E-state index contributed by atoms with van der Waals surface area (Å²) >= 11 is 1.67. The summed E-state index contributed by atoms with van der Waals surface area (Å²) in [6.45, 7) is 5.29. The molecule has 1 saturated heterocycles. The van der Waals surface area contributed by atoms with Gasteiger partial charge in [0, 0.05) is 6.04 Å². The first-order valence-electron chi connectivity index (χ1n) is 12.0. The van der Waals surface area contributed by atoms with Gasteiger partial charge in [-0.05, 0) is 85.9 Å². The Morgan fingerprint density at radius 1 is 0.941 bits per heavy atom. The Morgan fingerprint density at radius 2 is 1.62 bits per heavy atom. The van der Waals surface area contributed by atoms with Gasteiger partial charge < -0.3 is 19.7 Å². The number of benzene rings is 3. The third-order valence-corrected chi connectivity index (χ3v) is 8.06.